The highest BCUT2D eigenvalue weighted by Gasteiger charge is 2.33. The first kappa shape index (κ1) is 51.8. The fourth-order valence-corrected chi connectivity index (χ4v) is 9.35. The summed E-state index contributed by atoms with van der Waals surface area (Å²) in [7, 11) is 0. The highest BCUT2D eigenvalue weighted by Crippen LogP contribution is 2.42. The number of unbranched alkanes of at least 4 members (excludes halogenated alkanes) is 1. The van der Waals surface area contributed by atoms with E-state index >= 15 is 0 Å². The van der Waals surface area contributed by atoms with Crippen LogP contribution in [-0.4, -0.2) is 164 Å². The van der Waals surface area contributed by atoms with Gasteiger partial charge in [-0.15, -0.1) is 10.2 Å². The molecule has 5 aromatic rings. The Kier molecular flexibility index (Phi) is 15.4. The lowest BCUT2D eigenvalue weighted by molar-refractivity contribution is -0.138. The van der Waals surface area contributed by atoms with Gasteiger partial charge in [-0.1, -0.05) is 16.5 Å². The van der Waals surface area contributed by atoms with Gasteiger partial charge in [-0.25, -0.2) is 14.2 Å². The van der Waals surface area contributed by atoms with Gasteiger partial charge in [0.1, 0.15) is 29.2 Å². The van der Waals surface area contributed by atoms with Gasteiger partial charge < -0.3 is 55.5 Å². The molecule has 396 valence electrons. The Morgan fingerprint density at radius 2 is 1.32 bits per heavy atom. The van der Waals surface area contributed by atoms with Crippen molar-refractivity contribution in [1.29, 1.82) is 0 Å². The Balaban J connectivity index is 0.985. The minimum atomic E-state index is -1.25. The highest BCUT2D eigenvalue weighted by atomic mass is 16.4. The zero-order valence-electron chi connectivity index (χ0n) is 41.4. The molecule has 2 fully saturated rings. The van der Waals surface area contributed by atoms with Crippen LogP contribution in [0.15, 0.2) is 76.2 Å². The molecule has 0 unspecified atom stereocenters. The fourth-order valence-electron chi connectivity index (χ4n) is 9.35. The lowest BCUT2D eigenvalue weighted by atomic mass is 9.90. The summed E-state index contributed by atoms with van der Waals surface area (Å²) in [5, 5.41) is 59.4. The molecule has 9 rings (SSSR count). The normalized spacial score (nSPS) is 14.8. The molecule has 26 heteroatoms. The molecule has 1 aliphatic carbocycles. The van der Waals surface area contributed by atoms with Gasteiger partial charge in [-0.05, 0) is 74.7 Å². The minimum Gasteiger partial charge on any atom is -0.508 e. The standard InChI is InChI=1S/C50H55N15O11/c1-29(64-27-31(56-58-64)6-13-42(68)69)45(72)60-16-20-62(21-17-60)49-53-48(52-30-5-10-35(38(24-30)47(74)75)44-36-11-8-33(66)25-40(36)76-41-26-34(67)9-12-37(41)44)54-50(55-49)63-22-18-61(19-23-63)46(73)39(4-2-3-15-51)65-28-32(57-59-65)7-14-43(70)71/h5,8-12,24-29,39,66H,2-4,6-7,13-23,51H2,1H3,(H,68,69)(H,70,71)(H,74,75)(H,52,53,54,55)/t29-,39-/m0/s1. The molecule has 7 N–H and O–H groups in total. The Labute approximate surface area is 432 Å². The quantitative estimate of drug-likeness (QED) is 0.0472. The first-order valence-electron chi connectivity index (χ1n) is 24.8. The number of piperazine rings is 2. The number of fused-ring (bicyclic) bond motifs is 2. The molecule has 2 aromatic carbocycles. The summed E-state index contributed by atoms with van der Waals surface area (Å²) in [6.45, 7) is 4.60. The predicted molar refractivity (Wildman–Crippen MR) is 272 cm³/mol. The summed E-state index contributed by atoms with van der Waals surface area (Å²) in [4.78, 5) is 97.6. The van der Waals surface area contributed by atoms with Gasteiger partial charge in [-0.3, -0.25) is 24.0 Å². The highest BCUT2D eigenvalue weighted by molar-refractivity contribution is 6.08. The molecule has 76 heavy (non-hydrogen) atoms. The Bertz CT molecular complexity index is 3320. The van der Waals surface area contributed by atoms with Gasteiger partial charge in [0.2, 0.25) is 29.7 Å². The van der Waals surface area contributed by atoms with E-state index in [1.807, 2.05) is 9.80 Å². The number of phenolic OH excluding ortho intramolecular Hbond substituents is 1. The van der Waals surface area contributed by atoms with E-state index in [-0.39, 0.29) is 96.5 Å². The first-order valence-corrected chi connectivity index (χ1v) is 24.8. The number of amides is 2. The Morgan fingerprint density at radius 3 is 1.93 bits per heavy atom. The van der Waals surface area contributed by atoms with Crippen molar-refractivity contribution >= 4 is 64.2 Å². The van der Waals surface area contributed by atoms with Crippen LogP contribution in [-0.2, 0) is 32.0 Å². The molecular formula is C50H55N15O11. The summed E-state index contributed by atoms with van der Waals surface area (Å²) in [6.07, 6.45) is 5.09. The van der Waals surface area contributed by atoms with E-state index in [0.29, 0.717) is 104 Å². The van der Waals surface area contributed by atoms with Gasteiger partial charge in [0.15, 0.2) is 5.43 Å². The number of aryl methyl sites for hydroxylation is 2. The number of carboxylic acid groups (broad SMARTS) is 3. The molecular weight excluding hydrogens is 987 g/mol. The van der Waals surface area contributed by atoms with Crippen LogP contribution in [0.5, 0.6) is 5.75 Å². The number of aromatic carboxylic acids is 1. The average Bonchev–Trinajstić information content (AvgIpc) is 4.13. The van der Waals surface area contributed by atoms with Crippen LogP contribution in [0.1, 0.15) is 72.9 Å². The predicted octanol–water partition coefficient (Wildman–Crippen LogP) is 3.04. The maximum absolute atomic E-state index is 14.2. The number of rotatable bonds is 20. The van der Waals surface area contributed by atoms with Gasteiger partial charge in [0, 0.05) is 112 Å². The molecule has 0 bridgehead atoms. The van der Waals surface area contributed by atoms with Crippen molar-refractivity contribution in [2.24, 2.45) is 5.73 Å². The third-order valence-corrected chi connectivity index (χ3v) is 13.4. The Hall–Kier alpha value is -9.07. The van der Waals surface area contributed by atoms with Crippen LogP contribution >= 0.6 is 0 Å². The second kappa shape index (κ2) is 22.6. The summed E-state index contributed by atoms with van der Waals surface area (Å²) in [6, 6.07) is 12.0. The maximum atomic E-state index is 14.2. The van der Waals surface area contributed by atoms with Crippen molar-refractivity contribution in [3.63, 3.8) is 0 Å². The van der Waals surface area contributed by atoms with E-state index < -0.39 is 30.0 Å². The number of aromatic nitrogens is 9. The van der Waals surface area contributed by atoms with Gasteiger partial charge in [0.25, 0.3) is 0 Å². The topological polar surface area (TPSA) is 348 Å². The SMILES string of the molecule is C[C@@H](C(=O)N1CCN(c2nc(Nc3ccc(-c4c5ccc(=O)cc-5oc5cc(O)ccc45)c(C(=O)O)c3)nc(N3CCN(C(=O)[C@H](CCCCN)n4cc(CCC(=O)O)nn4)CC3)n2)CC1)n1cc(CCC(=O)O)nn1. The van der Waals surface area contributed by atoms with E-state index in [4.69, 9.17) is 30.2 Å². The van der Waals surface area contributed by atoms with Crippen molar-refractivity contribution in [2.45, 2.75) is 64.0 Å². The van der Waals surface area contributed by atoms with Crippen LogP contribution in [0.4, 0.5) is 23.5 Å². The number of anilines is 4. The van der Waals surface area contributed by atoms with E-state index in [0.717, 1.165) is 0 Å². The monoisotopic (exact) mass is 1040 g/mol. The van der Waals surface area contributed by atoms with Crippen LogP contribution in [0.3, 0.4) is 0 Å². The third kappa shape index (κ3) is 11.6. The van der Waals surface area contributed by atoms with Gasteiger partial charge in [-0.2, -0.15) is 15.0 Å². The molecule has 2 amide bonds. The Morgan fingerprint density at radius 1 is 0.711 bits per heavy atom. The minimum absolute atomic E-state index is 0.0809. The number of nitrogens with zero attached hydrogens (tertiary/aromatic N) is 13. The summed E-state index contributed by atoms with van der Waals surface area (Å²) in [5.41, 5.74) is 8.11. The smallest absolute Gasteiger partial charge is 0.336 e. The number of hydrogen-bond acceptors (Lipinski definition) is 19. The zero-order chi connectivity index (χ0) is 53.6. The zero-order valence-corrected chi connectivity index (χ0v) is 41.4. The van der Waals surface area contributed by atoms with E-state index in [1.54, 1.807) is 53.4 Å². The van der Waals surface area contributed by atoms with Crippen LogP contribution in [0.2, 0.25) is 0 Å². The number of aliphatic carboxylic acids is 2. The summed E-state index contributed by atoms with van der Waals surface area (Å²) in [5.74, 6) is -2.82. The van der Waals surface area contributed by atoms with Crippen molar-refractivity contribution in [3.8, 4) is 28.2 Å². The van der Waals surface area contributed by atoms with Gasteiger partial charge in [0.05, 0.1) is 29.8 Å². The van der Waals surface area contributed by atoms with E-state index in [1.165, 1.54) is 39.7 Å². The molecule has 6 heterocycles. The lowest BCUT2D eigenvalue weighted by Gasteiger charge is -2.38. The van der Waals surface area contributed by atoms with Crippen LogP contribution in [0.25, 0.3) is 33.4 Å². The first-order chi connectivity index (χ1) is 36.6. The summed E-state index contributed by atoms with van der Waals surface area (Å²) >= 11 is 0. The van der Waals surface area contributed by atoms with Crippen LogP contribution in [0, 0.1) is 0 Å². The molecule has 4 aliphatic rings. The molecule has 2 saturated heterocycles. The van der Waals surface area contributed by atoms with Crippen molar-refractivity contribution in [3.05, 3.63) is 94.2 Å². The molecule has 3 aromatic heterocycles. The second-order valence-electron chi connectivity index (χ2n) is 18.5. The van der Waals surface area contributed by atoms with Crippen molar-refractivity contribution in [1.82, 2.24) is 54.7 Å². The van der Waals surface area contributed by atoms with Gasteiger partial charge >= 0.3 is 17.9 Å². The molecule has 0 saturated carbocycles. The number of nitrogens with two attached hydrogens (primary N) is 1. The molecule has 26 nitrogen and oxygen atoms in total. The number of carbonyl (C=O) groups excluding carboxylic acids is 2. The number of phenols is 1. The number of nitrogens with one attached hydrogen (secondary N) is 1. The largest absolute Gasteiger partial charge is 0.508 e. The van der Waals surface area contributed by atoms with E-state index in [9.17, 15) is 44.1 Å². The number of carboxylic acids is 3. The third-order valence-electron chi connectivity index (χ3n) is 13.4. The lowest BCUT2D eigenvalue weighted by Crippen LogP contribution is -2.52. The molecule has 3 aliphatic heterocycles. The second-order valence-corrected chi connectivity index (χ2v) is 18.5. The average molecular weight is 1040 g/mol. The van der Waals surface area contributed by atoms with Crippen molar-refractivity contribution < 1.29 is 48.8 Å². The van der Waals surface area contributed by atoms with Crippen molar-refractivity contribution in [2.75, 3.05) is 74.0 Å². The number of hydrogen-bond donors (Lipinski definition) is 6. The number of benzene rings is 3. The van der Waals surface area contributed by atoms with Crippen LogP contribution < -0.4 is 26.3 Å². The molecule has 0 spiro atoms. The van der Waals surface area contributed by atoms with E-state index in [2.05, 4.69) is 25.9 Å². The fraction of sp³-hybridized carbons (Fsp3) is 0.380. The maximum Gasteiger partial charge on any atom is 0.336 e. The molecule has 0 radical (unpaired) electrons. The molecule has 2 atom stereocenters. The number of carbonyl (C=O) groups is 5. The number of aromatic hydroxyl groups is 1. The summed E-state index contributed by atoms with van der Waals surface area (Å²) < 4.78 is 8.92.